The van der Waals surface area contributed by atoms with E-state index in [1.54, 1.807) is 24.3 Å². The SMILES string of the molecule is O=C(O)CC1(CNC(=O)COc2ccccc2Cl)CCC1. The summed E-state index contributed by atoms with van der Waals surface area (Å²) in [6.45, 7) is 0.247. The first-order chi connectivity index (χ1) is 10.0. The van der Waals surface area contributed by atoms with Crippen LogP contribution in [-0.4, -0.2) is 30.1 Å². The Kier molecular flexibility index (Phi) is 5.07. The molecule has 0 aromatic heterocycles. The number of carboxylic acid groups (broad SMARTS) is 1. The Morgan fingerprint density at radius 3 is 2.62 bits per heavy atom. The fourth-order valence-corrected chi connectivity index (χ4v) is 2.65. The first-order valence-corrected chi connectivity index (χ1v) is 7.24. The molecule has 2 rings (SSSR count). The summed E-state index contributed by atoms with van der Waals surface area (Å²) in [6.07, 6.45) is 2.79. The van der Waals surface area contributed by atoms with Crippen molar-refractivity contribution in [2.24, 2.45) is 5.41 Å². The van der Waals surface area contributed by atoms with Crippen molar-refractivity contribution >= 4 is 23.5 Å². The van der Waals surface area contributed by atoms with Crippen molar-refractivity contribution in [3.8, 4) is 5.75 Å². The molecule has 1 aliphatic carbocycles. The van der Waals surface area contributed by atoms with E-state index in [-0.39, 0.29) is 24.3 Å². The number of ether oxygens (including phenoxy) is 1. The van der Waals surface area contributed by atoms with Crippen LogP contribution in [0.3, 0.4) is 0 Å². The van der Waals surface area contributed by atoms with Gasteiger partial charge >= 0.3 is 5.97 Å². The van der Waals surface area contributed by atoms with Crippen LogP contribution in [0.4, 0.5) is 0 Å². The van der Waals surface area contributed by atoms with Gasteiger partial charge in [0.15, 0.2) is 6.61 Å². The lowest BCUT2D eigenvalue weighted by atomic mass is 9.66. The molecule has 1 fully saturated rings. The molecule has 21 heavy (non-hydrogen) atoms. The van der Waals surface area contributed by atoms with Crippen molar-refractivity contribution in [2.75, 3.05) is 13.2 Å². The number of nitrogens with one attached hydrogen (secondary N) is 1. The molecule has 1 saturated carbocycles. The maximum Gasteiger partial charge on any atom is 0.303 e. The van der Waals surface area contributed by atoms with Gasteiger partial charge < -0.3 is 15.2 Å². The lowest BCUT2D eigenvalue weighted by molar-refractivity contribution is -0.142. The van der Waals surface area contributed by atoms with Crippen molar-refractivity contribution in [1.29, 1.82) is 0 Å². The van der Waals surface area contributed by atoms with Crippen LogP contribution in [0.2, 0.25) is 5.02 Å². The molecule has 0 atom stereocenters. The second kappa shape index (κ2) is 6.80. The third-order valence-corrected chi connectivity index (χ3v) is 4.11. The second-order valence-corrected chi connectivity index (χ2v) is 5.83. The van der Waals surface area contributed by atoms with Crippen LogP contribution in [-0.2, 0) is 9.59 Å². The predicted octanol–water partition coefficient (Wildman–Crippen LogP) is 2.48. The smallest absolute Gasteiger partial charge is 0.303 e. The summed E-state index contributed by atoms with van der Waals surface area (Å²) in [4.78, 5) is 22.6. The van der Waals surface area contributed by atoms with E-state index in [1.165, 1.54) is 0 Å². The van der Waals surface area contributed by atoms with Gasteiger partial charge in [0.2, 0.25) is 0 Å². The van der Waals surface area contributed by atoms with Gasteiger partial charge in [-0.3, -0.25) is 9.59 Å². The molecular formula is C15H18ClNO4. The molecule has 1 amide bonds. The standard InChI is InChI=1S/C15H18ClNO4/c16-11-4-1-2-5-12(11)21-9-13(18)17-10-15(6-3-7-15)8-14(19)20/h1-2,4-5H,3,6-10H2,(H,17,18)(H,19,20). The third-order valence-electron chi connectivity index (χ3n) is 3.80. The number of amides is 1. The number of halogens is 1. The third kappa shape index (κ3) is 4.36. The van der Waals surface area contributed by atoms with E-state index in [0.717, 1.165) is 19.3 Å². The highest BCUT2D eigenvalue weighted by Gasteiger charge is 2.39. The van der Waals surface area contributed by atoms with Crippen LogP contribution in [0, 0.1) is 5.41 Å². The molecule has 0 bridgehead atoms. The lowest BCUT2D eigenvalue weighted by Gasteiger charge is -2.40. The quantitative estimate of drug-likeness (QED) is 0.811. The maximum absolute atomic E-state index is 11.8. The molecule has 0 heterocycles. The Labute approximate surface area is 128 Å². The van der Waals surface area contributed by atoms with Gasteiger partial charge in [-0.05, 0) is 30.4 Å². The van der Waals surface area contributed by atoms with Gasteiger partial charge in [-0.2, -0.15) is 0 Å². The predicted molar refractivity (Wildman–Crippen MR) is 78.5 cm³/mol. The number of aliphatic carboxylic acids is 1. The lowest BCUT2D eigenvalue weighted by Crippen LogP contribution is -2.44. The first-order valence-electron chi connectivity index (χ1n) is 6.87. The summed E-state index contributed by atoms with van der Waals surface area (Å²) in [6, 6.07) is 6.93. The van der Waals surface area contributed by atoms with Gasteiger partial charge in [-0.15, -0.1) is 0 Å². The largest absolute Gasteiger partial charge is 0.482 e. The van der Waals surface area contributed by atoms with Crippen molar-refractivity contribution in [1.82, 2.24) is 5.32 Å². The highest BCUT2D eigenvalue weighted by molar-refractivity contribution is 6.32. The number of rotatable bonds is 7. The molecule has 1 aromatic carbocycles. The van der Waals surface area contributed by atoms with Crippen LogP contribution in [0.25, 0.3) is 0 Å². The Morgan fingerprint density at radius 1 is 1.33 bits per heavy atom. The summed E-state index contributed by atoms with van der Waals surface area (Å²) >= 11 is 5.92. The molecule has 1 aromatic rings. The number of hydrogen-bond donors (Lipinski definition) is 2. The van der Waals surface area contributed by atoms with Crippen molar-refractivity contribution in [2.45, 2.75) is 25.7 Å². The number of para-hydroxylation sites is 1. The zero-order chi connectivity index (χ0) is 15.3. The number of carbonyl (C=O) groups excluding carboxylic acids is 1. The van der Waals surface area contributed by atoms with Crippen LogP contribution in [0.1, 0.15) is 25.7 Å². The molecule has 5 nitrogen and oxygen atoms in total. The highest BCUT2D eigenvalue weighted by atomic mass is 35.5. The Balaban J connectivity index is 1.77. The summed E-state index contributed by atoms with van der Waals surface area (Å²) in [5, 5.41) is 12.1. The Bertz CT molecular complexity index is 528. The van der Waals surface area contributed by atoms with E-state index in [2.05, 4.69) is 5.32 Å². The second-order valence-electron chi connectivity index (χ2n) is 5.42. The van der Waals surface area contributed by atoms with Crippen molar-refractivity contribution < 1.29 is 19.4 Å². The molecule has 0 aliphatic heterocycles. The van der Waals surface area contributed by atoms with Gasteiger partial charge in [-0.1, -0.05) is 30.2 Å². The van der Waals surface area contributed by atoms with E-state index in [0.29, 0.717) is 17.3 Å². The van der Waals surface area contributed by atoms with Gasteiger partial charge in [0.25, 0.3) is 5.91 Å². The minimum absolute atomic E-state index is 0.0959. The minimum atomic E-state index is -0.823. The number of carboxylic acids is 1. The molecule has 114 valence electrons. The number of benzene rings is 1. The van der Waals surface area contributed by atoms with Gasteiger partial charge in [0.05, 0.1) is 11.4 Å². The van der Waals surface area contributed by atoms with E-state index in [9.17, 15) is 9.59 Å². The summed E-state index contributed by atoms with van der Waals surface area (Å²) < 4.78 is 5.34. The van der Waals surface area contributed by atoms with Gasteiger partial charge in [-0.25, -0.2) is 0 Å². The van der Waals surface area contributed by atoms with Crippen LogP contribution in [0.5, 0.6) is 5.75 Å². The van der Waals surface area contributed by atoms with Crippen LogP contribution in [0.15, 0.2) is 24.3 Å². The zero-order valence-electron chi connectivity index (χ0n) is 11.6. The molecule has 0 unspecified atom stereocenters. The monoisotopic (exact) mass is 311 g/mol. The topological polar surface area (TPSA) is 75.6 Å². The first kappa shape index (κ1) is 15.6. The van der Waals surface area contributed by atoms with Gasteiger partial charge in [0, 0.05) is 6.54 Å². The molecule has 0 saturated heterocycles. The molecule has 2 N–H and O–H groups in total. The summed E-state index contributed by atoms with van der Waals surface area (Å²) in [7, 11) is 0. The molecular weight excluding hydrogens is 294 g/mol. The average Bonchev–Trinajstić information content (AvgIpc) is 2.40. The van der Waals surface area contributed by atoms with Gasteiger partial charge in [0.1, 0.15) is 5.75 Å². The van der Waals surface area contributed by atoms with Crippen LogP contribution < -0.4 is 10.1 Å². The van der Waals surface area contributed by atoms with E-state index in [4.69, 9.17) is 21.4 Å². The average molecular weight is 312 g/mol. The minimum Gasteiger partial charge on any atom is -0.482 e. The summed E-state index contributed by atoms with van der Waals surface area (Å²) in [5.74, 6) is -0.638. The number of hydrogen-bond acceptors (Lipinski definition) is 3. The van der Waals surface area contributed by atoms with E-state index >= 15 is 0 Å². The van der Waals surface area contributed by atoms with E-state index < -0.39 is 5.97 Å². The molecule has 0 radical (unpaired) electrons. The van der Waals surface area contributed by atoms with Crippen molar-refractivity contribution in [3.63, 3.8) is 0 Å². The fraction of sp³-hybridized carbons (Fsp3) is 0.467. The Morgan fingerprint density at radius 2 is 2.05 bits per heavy atom. The normalized spacial score (nSPS) is 15.9. The Hall–Kier alpha value is -1.75. The maximum atomic E-state index is 11.8. The van der Waals surface area contributed by atoms with Crippen molar-refractivity contribution in [3.05, 3.63) is 29.3 Å². The molecule has 0 spiro atoms. The molecule has 1 aliphatic rings. The highest BCUT2D eigenvalue weighted by Crippen LogP contribution is 2.43. The fourth-order valence-electron chi connectivity index (χ4n) is 2.46. The molecule has 6 heteroatoms. The summed E-state index contributed by atoms with van der Waals surface area (Å²) in [5.41, 5.74) is -0.286. The van der Waals surface area contributed by atoms with Crippen LogP contribution >= 0.6 is 11.6 Å². The van der Waals surface area contributed by atoms with E-state index in [1.807, 2.05) is 0 Å². The zero-order valence-corrected chi connectivity index (χ0v) is 12.4. The number of carbonyl (C=O) groups is 2.